The van der Waals surface area contributed by atoms with Gasteiger partial charge >= 0.3 is 5.97 Å². The lowest BCUT2D eigenvalue weighted by molar-refractivity contribution is -0.136. The first-order valence-electron chi connectivity index (χ1n) is 4.58. The molecule has 0 aliphatic rings. The summed E-state index contributed by atoms with van der Waals surface area (Å²) < 4.78 is 0. The number of hydrogen-bond acceptors (Lipinski definition) is 3. The molecule has 0 aromatic carbocycles. The van der Waals surface area contributed by atoms with Crippen LogP contribution in [0.5, 0.6) is 0 Å². The molecule has 0 spiro atoms. The SMILES string of the molecule is Cc1cc(CNCCC(=O)O)c(C)s1. The van der Waals surface area contributed by atoms with Crippen LogP contribution in [-0.2, 0) is 11.3 Å². The summed E-state index contributed by atoms with van der Waals surface area (Å²) in [5.74, 6) is -0.754. The molecular weight excluding hydrogens is 198 g/mol. The molecule has 0 amide bonds. The van der Waals surface area contributed by atoms with Crippen LogP contribution in [0.1, 0.15) is 21.7 Å². The van der Waals surface area contributed by atoms with E-state index in [1.54, 1.807) is 11.3 Å². The summed E-state index contributed by atoms with van der Waals surface area (Å²) in [6, 6.07) is 2.15. The zero-order valence-corrected chi connectivity index (χ0v) is 9.28. The Balaban J connectivity index is 2.31. The Bertz CT molecular complexity index is 320. The number of carboxylic acid groups (broad SMARTS) is 1. The smallest absolute Gasteiger partial charge is 0.304 e. The summed E-state index contributed by atoms with van der Waals surface area (Å²) in [5.41, 5.74) is 1.28. The molecule has 2 N–H and O–H groups in total. The number of rotatable bonds is 5. The number of thiophene rings is 1. The molecule has 1 aromatic heterocycles. The lowest BCUT2D eigenvalue weighted by Crippen LogP contribution is -2.17. The highest BCUT2D eigenvalue weighted by molar-refractivity contribution is 7.12. The minimum atomic E-state index is -0.754. The highest BCUT2D eigenvalue weighted by Crippen LogP contribution is 2.19. The second-order valence-electron chi connectivity index (χ2n) is 3.26. The van der Waals surface area contributed by atoms with E-state index < -0.39 is 5.97 Å². The van der Waals surface area contributed by atoms with E-state index in [1.165, 1.54) is 15.3 Å². The van der Waals surface area contributed by atoms with E-state index in [0.717, 1.165) is 6.54 Å². The Morgan fingerprint density at radius 2 is 2.29 bits per heavy atom. The maximum atomic E-state index is 10.2. The van der Waals surface area contributed by atoms with Gasteiger partial charge in [-0.15, -0.1) is 11.3 Å². The lowest BCUT2D eigenvalue weighted by Gasteiger charge is -2.01. The molecule has 0 bridgehead atoms. The largest absolute Gasteiger partial charge is 0.481 e. The van der Waals surface area contributed by atoms with Gasteiger partial charge in [-0.05, 0) is 25.5 Å². The van der Waals surface area contributed by atoms with Gasteiger partial charge in [0.1, 0.15) is 0 Å². The van der Waals surface area contributed by atoms with Gasteiger partial charge in [-0.25, -0.2) is 0 Å². The fraction of sp³-hybridized carbons (Fsp3) is 0.500. The first-order chi connectivity index (χ1) is 6.59. The topological polar surface area (TPSA) is 49.3 Å². The lowest BCUT2D eigenvalue weighted by atomic mass is 10.2. The summed E-state index contributed by atoms with van der Waals surface area (Å²) in [7, 11) is 0. The number of carbonyl (C=O) groups is 1. The van der Waals surface area contributed by atoms with Gasteiger partial charge in [0.2, 0.25) is 0 Å². The fourth-order valence-corrected chi connectivity index (χ4v) is 2.22. The van der Waals surface area contributed by atoms with Crippen molar-refractivity contribution in [3.05, 3.63) is 21.4 Å². The molecule has 78 valence electrons. The van der Waals surface area contributed by atoms with Crippen molar-refractivity contribution in [2.24, 2.45) is 0 Å². The maximum Gasteiger partial charge on any atom is 0.304 e. The monoisotopic (exact) mass is 213 g/mol. The molecule has 0 aliphatic heterocycles. The third-order valence-electron chi connectivity index (χ3n) is 1.97. The number of hydrogen-bond donors (Lipinski definition) is 2. The Hall–Kier alpha value is -0.870. The van der Waals surface area contributed by atoms with E-state index in [4.69, 9.17) is 5.11 Å². The zero-order chi connectivity index (χ0) is 10.6. The first-order valence-corrected chi connectivity index (χ1v) is 5.39. The molecule has 1 heterocycles. The summed E-state index contributed by atoms with van der Waals surface area (Å²) >= 11 is 1.78. The van der Waals surface area contributed by atoms with Crippen molar-refractivity contribution >= 4 is 17.3 Å². The Kier molecular flexibility index (Phi) is 4.10. The molecule has 0 radical (unpaired) electrons. The molecule has 1 aromatic rings. The van der Waals surface area contributed by atoms with Gasteiger partial charge in [-0.3, -0.25) is 4.79 Å². The minimum Gasteiger partial charge on any atom is -0.481 e. The normalized spacial score (nSPS) is 10.4. The van der Waals surface area contributed by atoms with Crippen LogP contribution < -0.4 is 5.32 Å². The molecule has 0 saturated carbocycles. The van der Waals surface area contributed by atoms with Crippen LogP contribution in [0.2, 0.25) is 0 Å². The van der Waals surface area contributed by atoms with Crippen molar-refractivity contribution in [2.45, 2.75) is 26.8 Å². The fourth-order valence-electron chi connectivity index (χ4n) is 1.28. The van der Waals surface area contributed by atoms with E-state index in [9.17, 15) is 4.79 Å². The Morgan fingerprint density at radius 1 is 1.57 bits per heavy atom. The summed E-state index contributed by atoms with van der Waals surface area (Å²) in [6.07, 6.45) is 0.183. The quantitative estimate of drug-likeness (QED) is 0.735. The average molecular weight is 213 g/mol. The van der Waals surface area contributed by atoms with Gasteiger partial charge in [0, 0.05) is 22.8 Å². The number of nitrogens with one attached hydrogen (secondary N) is 1. The zero-order valence-electron chi connectivity index (χ0n) is 8.46. The molecule has 0 aliphatic carbocycles. The van der Waals surface area contributed by atoms with Crippen molar-refractivity contribution in [1.82, 2.24) is 5.32 Å². The molecular formula is C10H15NO2S. The van der Waals surface area contributed by atoms with E-state index >= 15 is 0 Å². The van der Waals surface area contributed by atoms with Crippen molar-refractivity contribution < 1.29 is 9.90 Å². The highest BCUT2D eigenvalue weighted by atomic mass is 32.1. The molecule has 0 fully saturated rings. The van der Waals surface area contributed by atoms with E-state index in [1.807, 2.05) is 0 Å². The van der Waals surface area contributed by atoms with Crippen LogP contribution in [0.25, 0.3) is 0 Å². The first kappa shape index (κ1) is 11.2. The predicted molar refractivity (Wildman–Crippen MR) is 57.8 cm³/mol. The van der Waals surface area contributed by atoms with Gasteiger partial charge < -0.3 is 10.4 Å². The Labute approximate surface area is 87.8 Å². The van der Waals surface area contributed by atoms with E-state index in [2.05, 4.69) is 25.2 Å². The van der Waals surface area contributed by atoms with Gasteiger partial charge in [-0.2, -0.15) is 0 Å². The highest BCUT2D eigenvalue weighted by Gasteiger charge is 2.02. The van der Waals surface area contributed by atoms with Crippen molar-refractivity contribution in [1.29, 1.82) is 0 Å². The van der Waals surface area contributed by atoms with Crippen LogP contribution in [0.4, 0.5) is 0 Å². The Morgan fingerprint density at radius 3 is 2.79 bits per heavy atom. The summed E-state index contributed by atoms with van der Waals surface area (Å²) in [6.45, 7) is 5.47. The summed E-state index contributed by atoms with van der Waals surface area (Å²) in [4.78, 5) is 12.9. The molecule has 14 heavy (non-hydrogen) atoms. The number of carboxylic acids is 1. The minimum absolute atomic E-state index is 0.183. The molecule has 1 rings (SSSR count). The second kappa shape index (κ2) is 5.12. The van der Waals surface area contributed by atoms with Crippen LogP contribution in [0, 0.1) is 13.8 Å². The van der Waals surface area contributed by atoms with Crippen molar-refractivity contribution in [3.63, 3.8) is 0 Å². The van der Waals surface area contributed by atoms with Crippen molar-refractivity contribution in [3.8, 4) is 0 Å². The standard InChI is InChI=1S/C10H15NO2S/c1-7-5-9(8(2)14-7)6-11-4-3-10(12)13/h5,11H,3-4,6H2,1-2H3,(H,12,13). The van der Waals surface area contributed by atoms with E-state index in [0.29, 0.717) is 6.54 Å². The van der Waals surface area contributed by atoms with Crippen LogP contribution in [0.3, 0.4) is 0 Å². The third kappa shape index (κ3) is 3.47. The van der Waals surface area contributed by atoms with Gasteiger partial charge in [0.05, 0.1) is 6.42 Å². The van der Waals surface area contributed by atoms with Gasteiger partial charge in [-0.1, -0.05) is 0 Å². The van der Waals surface area contributed by atoms with Gasteiger partial charge in [0.15, 0.2) is 0 Å². The number of aliphatic carboxylic acids is 1. The van der Waals surface area contributed by atoms with Crippen LogP contribution >= 0.6 is 11.3 Å². The average Bonchev–Trinajstić information content (AvgIpc) is 2.39. The second-order valence-corrected chi connectivity index (χ2v) is 4.72. The van der Waals surface area contributed by atoms with Crippen molar-refractivity contribution in [2.75, 3.05) is 6.54 Å². The van der Waals surface area contributed by atoms with Gasteiger partial charge in [0.25, 0.3) is 0 Å². The van der Waals surface area contributed by atoms with Crippen LogP contribution in [0.15, 0.2) is 6.07 Å². The van der Waals surface area contributed by atoms with E-state index in [-0.39, 0.29) is 6.42 Å². The molecule has 0 saturated heterocycles. The predicted octanol–water partition coefficient (Wildman–Crippen LogP) is 1.93. The molecule has 4 heteroatoms. The molecule has 0 atom stereocenters. The third-order valence-corrected chi connectivity index (χ3v) is 2.98. The van der Waals surface area contributed by atoms with Crippen LogP contribution in [-0.4, -0.2) is 17.6 Å². The summed E-state index contributed by atoms with van der Waals surface area (Å²) in [5, 5.41) is 11.5. The molecule has 0 unspecified atom stereocenters. The molecule has 3 nitrogen and oxygen atoms in total. The number of aryl methyl sites for hydroxylation is 2. The maximum absolute atomic E-state index is 10.2.